The number of hydrogen-bond acceptors (Lipinski definition) is 9. The molecule has 5 rings (SSSR count). The Labute approximate surface area is 228 Å². The lowest BCUT2D eigenvalue weighted by atomic mass is 10.1. The Balaban J connectivity index is 1.43. The van der Waals surface area contributed by atoms with E-state index in [1.807, 2.05) is 67.3 Å². The summed E-state index contributed by atoms with van der Waals surface area (Å²) >= 11 is 0. The van der Waals surface area contributed by atoms with E-state index >= 15 is 0 Å². The second kappa shape index (κ2) is 11.7. The summed E-state index contributed by atoms with van der Waals surface area (Å²) in [4.78, 5) is 19.1. The van der Waals surface area contributed by atoms with Crippen molar-refractivity contribution in [1.29, 1.82) is 0 Å². The van der Waals surface area contributed by atoms with Crippen molar-refractivity contribution in [3.63, 3.8) is 0 Å². The van der Waals surface area contributed by atoms with Gasteiger partial charge in [-0.2, -0.15) is 5.10 Å². The molecule has 0 amide bonds. The van der Waals surface area contributed by atoms with Crippen LogP contribution in [0.1, 0.15) is 28.1 Å². The van der Waals surface area contributed by atoms with Gasteiger partial charge in [0.2, 0.25) is 0 Å². The lowest BCUT2D eigenvalue weighted by Crippen LogP contribution is -2.61. The zero-order valence-electron chi connectivity index (χ0n) is 22.8. The van der Waals surface area contributed by atoms with Crippen LogP contribution in [0.2, 0.25) is 0 Å². The lowest BCUT2D eigenvalue weighted by molar-refractivity contribution is -0.115. The lowest BCUT2D eigenvalue weighted by Gasteiger charge is -2.47. The first-order valence-corrected chi connectivity index (χ1v) is 12.9. The summed E-state index contributed by atoms with van der Waals surface area (Å²) in [6.07, 6.45) is 4.35. The number of ether oxygens (including phenoxy) is 2. The van der Waals surface area contributed by atoms with Gasteiger partial charge in [0.05, 0.1) is 51.7 Å². The summed E-state index contributed by atoms with van der Waals surface area (Å²) in [6, 6.07) is 16.1. The van der Waals surface area contributed by atoms with Gasteiger partial charge in [0.1, 0.15) is 23.4 Å². The van der Waals surface area contributed by atoms with Crippen LogP contribution in [-0.4, -0.2) is 64.7 Å². The van der Waals surface area contributed by atoms with Crippen LogP contribution in [0, 0.1) is 13.8 Å². The van der Waals surface area contributed by atoms with E-state index in [-0.39, 0.29) is 0 Å². The first-order valence-electron chi connectivity index (χ1n) is 12.9. The predicted octanol–water partition coefficient (Wildman–Crippen LogP) is 3.82. The average Bonchev–Trinajstić information content (AvgIpc) is 3.56. The number of carbonyl (C=O) groups is 1. The van der Waals surface area contributed by atoms with E-state index in [1.54, 1.807) is 14.2 Å². The molecule has 2 aromatic carbocycles. The van der Waals surface area contributed by atoms with Crippen LogP contribution in [0.5, 0.6) is 11.5 Å². The Bertz CT molecular complexity index is 1380. The number of anilines is 1. The normalized spacial score (nSPS) is 16.4. The third-order valence-corrected chi connectivity index (χ3v) is 7.12. The van der Waals surface area contributed by atoms with E-state index in [2.05, 4.69) is 37.1 Å². The Morgan fingerprint density at radius 3 is 2.54 bits per heavy atom. The number of carbonyl (C=O) groups excluding carboxylic acids is 1. The maximum absolute atomic E-state index is 12.5. The molecule has 0 aliphatic carbocycles. The number of rotatable bonds is 10. The molecule has 1 saturated heterocycles. The minimum absolute atomic E-state index is 0.448. The summed E-state index contributed by atoms with van der Waals surface area (Å²) in [5, 5.41) is 8.66. The van der Waals surface area contributed by atoms with Gasteiger partial charge in [-0.05, 0) is 25.5 Å². The molecule has 1 aliphatic heterocycles. The number of aromatic nitrogens is 3. The van der Waals surface area contributed by atoms with Gasteiger partial charge in [-0.25, -0.2) is 0 Å². The molecule has 3 heterocycles. The summed E-state index contributed by atoms with van der Waals surface area (Å²) in [7, 11) is 3.31. The van der Waals surface area contributed by atoms with Gasteiger partial charge in [-0.15, -0.1) is 0 Å². The van der Waals surface area contributed by atoms with Crippen molar-refractivity contribution in [2.45, 2.75) is 39.6 Å². The maximum atomic E-state index is 12.5. The van der Waals surface area contributed by atoms with Crippen molar-refractivity contribution < 1.29 is 18.8 Å². The van der Waals surface area contributed by atoms with Crippen LogP contribution < -0.4 is 14.4 Å². The molecule has 204 valence electrons. The van der Waals surface area contributed by atoms with Gasteiger partial charge < -0.3 is 18.9 Å². The molecule has 1 fully saturated rings. The Kier molecular flexibility index (Phi) is 7.94. The minimum Gasteiger partial charge on any atom is -0.497 e. The van der Waals surface area contributed by atoms with Gasteiger partial charge in [0.25, 0.3) is 0 Å². The first kappa shape index (κ1) is 26.5. The molecular weight excluding hydrogens is 496 g/mol. The fraction of sp³-hybridized carbons (Fsp3) is 0.345. The van der Waals surface area contributed by atoms with Crippen molar-refractivity contribution in [3.05, 3.63) is 89.1 Å². The topological polar surface area (TPSA) is 89.1 Å². The van der Waals surface area contributed by atoms with Gasteiger partial charge in [-0.3, -0.25) is 19.3 Å². The van der Waals surface area contributed by atoms with Gasteiger partial charge in [0, 0.05) is 36.5 Å². The first-order chi connectivity index (χ1) is 19.0. The van der Waals surface area contributed by atoms with Crippen LogP contribution in [0.4, 0.5) is 5.69 Å². The fourth-order valence-corrected chi connectivity index (χ4v) is 5.04. The molecule has 10 nitrogen and oxygen atoms in total. The van der Waals surface area contributed by atoms with Crippen molar-refractivity contribution in [3.8, 4) is 11.5 Å². The second-order valence-electron chi connectivity index (χ2n) is 9.74. The van der Waals surface area contributed by atoms with E-state index in [0.717, 1.165) is 51.6 Å². The summed E-state index contributed by atoms with van der Waals surface area (Å²) in [6.45, 7) is 6.78. The highest BCUT2D eigenvalue weighted by molar-refractivity contribution is 5.65. The van der Waals surface area contributed by atoms with Crippen molar-refractivity contribution in [1.82, 2.24) is 24.7 Å². The SMILES string of the molecule is COc1ccc(CN2CN(Cc3ccccc3)C(C=O)N(c3cnn(Cc4c(C)noc4C)c3)C2)c(OC)c1. The highest BCUT2D eigenvalue weighted by Gasteiger charge is 2.34. The minimum atomic E-state index is -0.448. The molecule has 2 aromatic heterocycles. The molecule has 10 heteroatoms. The van der Waals surface area contributed by atoms with Gasteiger partial charge in [-0.1, -0.05) is 41.6 Å². The third kappa shape index (κ3) is 5.81. The van der Waals surface area contributed by atoms with E-state index < -0.39 is 6.17 Å². The predicted molar refractivity (Wildman–Crippen MR) is 146 cm³/mol. The molecular formula is C29H34N6O4. The Hall–Kier alpha value is -4.15. The number of nitrogens with zero attached hydrogens (tertiary/aromatic N) is 6. The standard InChI is InChI=1S/C29H34N6O4/c1-21-27(22(2)39-31-21)17-34-16-25(13-30-34)35-20-32(15-24-10-11-26(37-3)12-28(24)38-4)19-33(29(35)18-36)14-23-8-6-5-7-9-23/h5-13,16,18,29H,14-15,17,19-20H2,1-4H3. The average molecular weight is 531 g/mol. The molecule has 0 bridgehead atoms. The number of hydrogen-bond donors (Lipinski definition) is 0. The number of benzene rings is 2. The third-order valence-electron chi connectivity index (χ3n) is 7.12. The Morgan fingerprint density at radius 2 is 1.85 bits per heavy atom. The van der Waals surface area contributed by atoms with E-state index in [9.17, 15) is 4.79 Å². The molecule has 0 radical (unpaired) electrons. The molecule has 0 N–H and O–H groups in total. The highest BCUT2D eigenvalue weighted by Crippen LogP contribution is 2.29. The molecule has 4 aromatic rings. The zero-order chi connectivity index (χ0) is 27.4. The largest absolute Gasteiger partial charge is 0.497 e. The number of methoxy groups -OCH3 is 2. The fourth-order valence-electron chi connectivity index (χ4n) is 5.04. The number of aldehydes is 1. The molecule has 0 saturated carbocycles. The van der Waals surface area contributed by atoms with Crippen molar-refractivity contribution in [2.24, 2.45) is 0 Å². The zero-order valence-corrected chi connectivity index (χ0v) is 22.8. The monoisotopic (exact) mass is 530 g/mol. The molecule has 1 unspecified atom stereocenters. The number of aryl methyl sites for hydroxylation is 2. The van der Waals surface area contributed by atoms with E-state index in [1.165, 1.54) is 0 Å². The molecule has 1 aliphatic rings. The van der Waals surface area contributed by atoms with Crippen LogP contribution in [0.15, 0.2) is 65.4 Å². The van der Waals surface area contributed by atoms with Crippen molar-refractivity contribution >= 4 is 12.0 Å². The van der Waals surface area contributed by atoms with Crippen LogP contribution in [0.3, 0.4) is 0 Å². The molecule has 0 spiro atoms. The van der Waals surface area contributed by atoms with Crippen LogP contribution >= 0.6 is 0 Å². The second-order valence-corrected chi connectivity index (χ2v) is 9.74. The molecule has 39 heavy (non-hydrogen) atoms. The van der Waals surface area contributed by atoms with Gasteiger partial charge in [0.15, 0.2) is 6.29 Å². The van der Waals surface area contributed by atoms with Crippen LogP contribution in [0.25, 0.3) is 0 Å². The summed E-state index contributed by atoms with van der Waals surface area (Å²) < 4.78 is 18.2. The smallest absolute Gasteiger partial charge is 0.157 e. The Morgan fingerprint density at radius 1 is 1.03 bits per heavy atom. The maximum Gasteiger partial charge on any atom is 0.157 e. The van der Waals surface area contributed by atoms with Crippen LogP contribution in [-0.2, 0) is 24.4 Å². The summed E-state index contributed by atoms with van der Waals surface area (Å²) in [5.74, 6) is 2.29. The van der Waals surface area contributed by atoms with Crippen molar-refractivity contribution in [2.75, 3.05) is 32.5 Å². The quantitative estimate of drug-likeness (QED) is 0.284. The highest BCUT2D eigenvalue weighted by atomic mass is 16.5. The van der Waals surface area contributed by atoms with Gasteiger partial charge >= 0.3 is 0 Å². The van der Waals surface area contributed by atoms with E-state index in [4.69, 9.17) is 14.0 Å². The van der Waals surface area contributed by atoms with E-state index in [0.29, 0.717) is 33.0 Å². The molecule has 1 atom stereocenters. The summed E-state index contributed by atoms with van der Waals surface area (Å²) in [5.41, 5.74) is 4.90.